The van der Waals surface area contributed by atoms with E-state index in [2.05, 4.69) is 10.1 Å². The largest absolute Gasteiger partial charge is 0.237 e. The molecule has 0 unspecified atom stereocenters. The van der Waals surface area contributed by atoms with Crippen LogP contribution in [0.15, 0.2) is 30.5 Å². The van der Waals surface area contributed by atoms with E-state index in [0.717, 1.165) is 17.3 Å². The molecule has 20 heavy (non-hydrogen) atoms. The number of aryl methyl sites for hydroxylation is 1. The number of aromatic nitrogens is 3. The average Bonchev–Trinajstić information content (AvgIpc) is 2.86. The maximum absolute atomic E-state index is 14.1. The van der Waals surface area contributed by atoms with Crippen LogP contribution >= 0.6 is 11.6 Å². The first-order chi connectivity index (χ1) is 9.61. The van der Waals surface area contributed by atoms with Crippen molar-refractivity contribution < 1.29 is 4.39 Å². The quantitative estimate of drug-likeness (QED) is 0.645. The molecule has 0 amide bonds. The third-order valence-corrected chi connectivity index (χ3v) is 3.33. The third-order valence-electron chi connectivity index (χ3n) is 3.04. The zero-order chi connectivity index (χ0) is 14.3. The molecule has 0 N–H and O–H groups in total. The predicted octanol–water partition coefficient (Wildman–Crippen LogP) is 3.37. The molecule has 6 heteroatoms. The number of hydrogen-bond donors (Lipinski definition) is 0. The lowest BCUT2D eigenvalue weighted by atomic mass is 10.1. The lowest BCUT2D eigenvalue weighted by molar-refractivity contribution is 0.625. The molecule has 3 heterocycles. The van der Waals surface area contributed by atoms with Crippen molar-refractivity contribution in [2.24, 2.45) is 0 Å². The van der Waals surface area contributed by atoms with Crippen LogP contribution in [0, 0.1) is 24.1 Å². The van der Waals surface area contributed by atoms with Gasteiger partial charge in [0.2, 0.25) is 0 Å². The van der Waals surface area contributed by atoms with Crippen molar-refractivity contribution in [3.63, 3.8) is 0 Å². The van der Waals surface area contributed by atoms with Gasteiger partial charge in [-0.05, 0) is 25.1 Å². The van der Waals surface area contributed by atoms with Crippen LogP contribution in [0.25, 0.3) is 16.8 Å². The van der Waals surface area contributed by atoms with Gasteiger partial charge < -0.3 is 0 Å². The number of nitrogens with zero attached hydrogens (tertiary/aromatic N) is 4. The molecule has 0 saturated carbocycles. The van der Waals surface area contributed by atoms with Crippen LogP contribution in [0.4, 0.5) is 4.39 Å². The van der Waals surface area contributed by atoms with Gasteiger partial charge in [0.15, 0.2) is 5.82 Å². The van der Waals surface area contributed by atoms with Gasteiger partial charge in [-0.25, -0.2) is 13.9 Å². The Hall–Kier alpha value is -2.45. The number of fused-ring (bicyclic) bond motifs is 1. The van der Waals surface area contributed by atoms with Gasteiger partial charge in [-0.2, -0.15) is 10.4 Å². The summed E-state index contributed by atoms with van der Waals surface area (Å²) < 4.78 is 15.8. The Morgan fingerprint density at radius 1 is 1.40 bits per heavy atom. The normalized spacial score (nSPS) is 10.7. The summed E-state index contributed by atoms with van der Waals surface area (Å²) in [5.74, 6) is -0.595. The minimum absolute atomic E-state index is 0.0144. The SMILES string of the molecule is Cc1cccc2c(-c3nc(Cl)c(C#N)cc3F)cnn12. The Morgan fingerprint density at radius 2 is 2.20 bits per heavy atom. The van der Waals surface area contributed by atoms with Gasteiger partial charge in [-0.15, -0.1) is 0 Å². The molecule has 4 nitrogen and oxygen atoms in total. The van der Waals surface area contributed by atoms with Crippen molar-refractivity contribution in [2.45, 2.75) is 6.92 Å². The molecule has 0 radical (unpaired) electrons. The van der Waals surface area contributed by atoms with E-state index in [0.29, 0.717) is 5.56 Å². The van der Waals surface area contributed by atoms with Crippen LogP contribution in [-0.2, 0) is 0 Å². The maximum atomic E-state index is 14.1. The second kappa shape index (κ2) is 4.58. The van der Waals surface area contributed by atoms with Crippen LogP contribution in [0.1, 0.15) is 11.3 Å². The van der Waals surface area contributed by atoms with Crippen LogP contribution < -0.4 is 0 Å². The van der Waals surface area contributed by atoms with E-state index >= 15 is 0 Å². The molecular formula is C14H8ClFN4. The van der Waals surface area contributed by atoms with E-state index in [1.54, 1.807) is 10.6 Å². The van der Waals surface area contributed by atoms with E-state index in [1.807, 2.05) is 25.1 Å². The second-order valence-corrected chi connectivity index (χ2v) is 4.65. The first-order valence-corrected chi connectivity index (χ1v) is 6.19. The monoisotopic (exact) mass is 286 g/mol. The van der Waals surface area contributed by atoms with Gasteiger partial charge in [0, 0.05) is 11.3 Å². The van der Waals surface area contributed by atoms with Crippen molar-refractivity contribution in [3.8, 4) is 17.3 Å². The Kier molecular flexibility index (Phi) is 2.88. The molecule has 0 aliphatic carbocycles. The number of hydrogen-bond acceptors (Lipinski definition) is 3. The van der Waals surface area contributed by atoms with Crippen molar-refractivity contribution >= 4 is 17.1 Å². The van der Waals surface area contributed by atoms with Gasteiger partial charge in [0.25, 0.3) is 0 Å². The van der Waals surface area contributed by atoms with Gasteiger partial charge in [-0.3, -0.25) is 0 Å². The topological polar surface area (TPSA) is 54.0 Å². The molecule has 0 saturated heterocycles. The van der Waals surface area contributed by atoms with E-state index in [4.69, 9.17) is 16.9 Å². The summed E-state index contributed by atoms with van der Waals surface area (Å²) in [7, 11) is 0. The number of pyridine rings is 2. The summed E-state index contributed by atoms with van der Waals surface area (Å²) in [6.45, 7) is 1.90. The van der Waals surface area contributed by atoms with Crippen molar-refractivity contribution in [1.82, 2.24) is 14.6 Å². The number of rotatable bonds is 1. The Morgan fingerprint density at radius 3 is 2.95 bits per heavy atom. The summed E-state index contributed by atoms with van der Waals surface area (Å²) in [4.78, 5) is 3.98. The fourth-order valence-corrected chi connectivity index (χ4v) is 2.25. The summed E-state index contributed by atoms with van der Waals surface area (Å²) in [6.07, 6.45) is 1.54. The molecule has 0 atom stereocenters. The number of nitriles is 1. The molecule has 0 fully saturated rings. The van der Waals surface area contributed by atoms with Crippen molar-refractivity contribution in [2.75, 3.05) is 0 Å². The zero-order valence-electron chi connectivity index (χ0n) is 10.4. The lowest BCUT2D eigenvalue weighted by Gasteiger charge is -2.04. The van der Waals surface area contributed by atoms with Gasteiger partial charge >= 0.3 is 0 Å². The molecule has 98 valence electrons. The van der Waals surface area contributed by atoms with E-state index in [9.17, 15) is 4.39 Å². The van der Waals surface area contributed by atoms with E-state index in [-0.39, 0.29) is 16.4 Å². The van der Waals surface area contributed by atoms with Gasteiger partial charge in [0.05, 0.1) is 17.3 Å². The van der Waals surface area contributed by atoms with Gasteiger partial charge in [-0.1, -0.05) is 17.7 Å². The maximum Gasteiger partial charge on any atom is 0.151 e. The molecular weight excluding hydrogens is 279 g/mol. The highest BCUT2D eigenvalue weighted by Gasteiger charge is 2.16. The van der Waals surface area contributed by atoms with E-state index in [1.165, 1.54) is 6.20 Å². The Labute approximate surface area is 119 Å². The summed E-state index contributed by atoms with van der Waals surface area (Å²) >= 11 is 5.87. The summed E-state index contributed by atoms with van der Waals surface area (Å²) in [5, 5.41) is 13.0. The smallest absolute Gasteiger partial charge is 0.151 e. The first-order valence-electron chi connectivity index (χ1n) is 5.81. The third kappa shape index (κ3) is 1.82. The molecule has 0 bridgehead atoms. The standard InChI is InChI=1S/C14H8ClFN4/c1-8-3-2-4-12-10(7-18-20(8)12)13-11(16)5-9(6-17)14(15)19-13/h2-5,7H,1H3. The molecule has 3 rings (SSSR count). The van der Waals surface area contributed by atoms with Gasteiger partial charge in [0.1, 0.15) is 16.9 Å². The molecule has 0 aliphatic rings. The van der Waals surface area contributed by atoms with Crippen LogP contribution in [0.3, 0.4) is 0 Å². The van der Waals surface area contributed by atoms with E-state index < -0.39 is 5.82 Å². The highest BCUT2D eigenvalue weighted by molar-refractivity contribution is 6.30. The second-order valence-electron chi connectivity index (χ2n) is 4.29. The fraction of sp³-hybridized carbons (Fsp3) is 0.0714. The number of halogens is 2. The van der Waals surface area contributed by atoms with Crippen LogP contribution in [0.2, 0.25) is 5.15 Å². The Balaban J connectivity index is 2.30. The summed E-state index contributed by atoms with van der Waals surface area (Å²) in [5.41, 5.74) is 2.30. The molecule has 3 aromatic heterocycles. The zero-order valence-corrected chi connectivity index (χ0v) is 11.2. The highest BCUT2D eigenvalue weighted by atomic mass is 35.5. The van der Waals surface area contributed by atoms with Crippen molar-refractivity contribution in [1.29, 1.82) is 5.26 Å². The first kappa shape index (κ1) is 12.6. The summed E-state index contributed by atoms with van der Waals surface area (Å²) in [6, 6.07) is 8.47. The minimum Gasteiger partial charge on any atom is -0.237 e. The van der Waals surface area contributed by atoms with Crippen LogP contribution in [0.5, 0.6) is 0 Å². The molecule has 0 aromatic carbocycles. The average molecular weight is 287 g/mol. The lowest BCUT2D eigenvalue weighted by Crippen LogP contribution is -1.94. The highest BCUT2D eigenvalue weighted by Crippen LogP contribution is 2.28. The fourth-order valence-electron chi connectivity index (χ4n) is 2.06. The molecule has 0 aliphatic heterocycles. The Bertz CT molecular complexity index is 863. The minimum atomic E-state index is -0.595. The van der Waals surface area contributed by atoms with Crippen molar-refractivity contribution in [3.05, 3.63) is 52.7 Å². The predicted molar refractivity (Wildman–Crippen MR) is 72.8 cm³/mol. The van der Waals surface area contributed by atoms with Crippen LogP contribution in [-0.4, -0.2) is 14.6 Å². The molecule has 3 aromatic rings. The molecule has 0 spiro atoms.